The molecule has 0 radical (unpaired) electrons. The molecule has 0 aromatic heterocycles. The minimum Gasteiger partial charge on any atom is -0.508 e. The summed E-state index contributed by atoms with van der Waals surface area (Å²) in [5.74, 6) is 0.106. The lowest BCUT2D eigenvalue weighted by atomic mass is 10.1. The van der Waals surface area contributed by atoms with Crippen LogP contribution in [0.15, 0.2) is 18.2 Å². The van der Waals surface area contributed by atoms with Crippen LogP contribution in [0.3, 0.4) is 0 Å². The van der Waals surface area contributed by atoms with Crippen LogP contribution < -0.4 is 0 Å². The summed E-state index contributed by atoms with van der Waals surface area (Å²) < 4.78 is 10.0. The van der Waals surface area contributed by atoms with E-state index in [1.165, 1.54) is 6.07 Å². The van der Waals surface area contributed by atoms with Crippen LogP contribution in [0.4, 0.5) is 0 Å². The fourth-order valence-electron chi connectivity index (χ4n) is 1.69. The van der Waals surface area contributed by atoms with Gasteiger partial charge >= 0.3 is 0 Å². The van der Waals surface area contributed by atoms with Crippen molar-refractivity contribution in [1.82, 2.24) is 4.90 Å². The fraction of sp³-hybridized carbons (Fsp3) is 0.500. The van der Waals surface area contributed by atoms with Crippen LogP contribution in [0.25, 0.3) is 0 Å². The molecule has 0 heterocycles. The molecule has 0 bridgehead atoms. The number of phenols is 1. The number of phenolic OH excluding ortho intramolecular Hbond substituents is 1. The number of rotatable bonds is 7. The predicted molar refractivity (Wildman–Crippen MR) is 72.5 cm³/mol. The van der Waals surface area contributed by atoms with Crippen LogP contribution in [0.2, 0.25) is 0 Å². The van der Waals surface area contributed by atoms with E-state index in [9.17, 15) is 9.90 Å². The Balaban J connectivity index is 2.81. The lowest BCUT2D eigenvalue weighted by Crippen LogP contribution is -2.36. The minimum atomic E-state index is -0.0859. The molecule has 1 aromatic rings. The van der Waals surface area contributed by atoms with Crippen molar-refractivity contribution in [1.29, 1.82) is 0 Å². The molecule has 0 atom stereocenters. The normalized spacial score (nSPS) is 10.5. The van der Waals surface area contributed by atoms with Crippen molar-refractivity contribution in [2.24, 2.45) is 0 Å². The van der Waals surface area contributed by atoms with Gasteiger partial charge in [-0.1, -0.05) is 0 Å². The zero-order valence-corrected chi connectivity index (χ0v) is 11.7. The number of hydrogen-bond donors (Lipinski definition) is 1. The smallest absolute Gasteiger partial charge is 0.254 e. The summed E-state index contributed by atoms with van der Waals surface area (Å²) >= 11 is 0. The maximum Gasteiger partial charge on any atom is 0.254 e. The average molecular weight is 267 g/mol. The van der Waals surface area contributed by atoms with Gasteiger partial charge < -0.3 is 19.5 Å². The number of aromatic hydroxyl groups is 1. The number of ether oxygens (including phenoxy) is 2. The highest BCUT2D eigenvalue weighted by atomic mass is 16.5. The molecule has 1 amide bonds. The maximum atomic E-state index is 12.4. The topological polar surface area (TPSA) is 59.0 Å². The third-order valence-corrected chi connectivity index (χ3v) is 2.86. The number of aryl methyl sites for hydroxylation is 1. The highest BCUT2D eigenvalue weighted by Crippen LogP contribution is 2.18. The molecule has 1 aromatic carbocycles. The highest BCUT2D eigenvalue weighted by molar-refractivity contribution is 5.94. The molecule has 1 rings (SSSR count). The van der Waals surface area contributed by atoms with Gasteiger partial charge in [-0.05, 0) is 30.7 Å². The fourth-order valence-corrected chi connectivity index (χ4v) is 1.69. The lowest BCUT2D eigenvalue weighted by Gasteiger charge is -2.22. The van der Waals surface area contributed by atoms with Gasteiger partial charge in [0.2, 0.25) is 0 Å². The summed E-state index contributed by atoms with van der Waals surface area (Å²) in [6.45, 7) is 3.75. The largest absolute Gasteiger partial charge is 0.508 e. The number of carbonyl (C=O) groups is 1. The molecular formula is C14H21NO4. The second kappa shape index (κ2) is 7.76. The molecule has 0 fully saturated rings. The van der Waals surface area contributed by atoms with Gasteiger partial charge in [0.15, 0.2) is 0 Å². The minimum absolute atomic E-state index is 0.0859. The molecule has 0 aliphatic rings. The Hall–Kier alpha value is -1.59. The van der Waals surface area contributed by atoms with Crippen molar-refractivity contribution < 1.29 is 19.4 Å². The van der Waals surface area contributed by atoms with Gasteiger partial charge in [-0.3, -0.25) is 4.79 Å². The zero-order chi connectivity index (χ0) is 14.3. The SMILES string of the molecule is COCCN(CCOC)C(=O)c1ccc(O)c(C)c1. The van der Waals surface area contributed by atoms with E-state index in [0.29, 0.717) is 37.4 Å². The molecule has 1 N–H and O–H groups in total. The molecule has 0 aliphatic heterocycles. The summed E-state index contributed by atoms with van der Waals surface area (Å²) in [4.78, 5) is 14.0. The first kappa shape index (κ1) is 15.5. The van der Waals surface area contributed by atoms with Crippen LogP contribution in [0, 0.1) is 6.92 Å². The Kier molecular flexibility index (Phi) is 6.32. The number of benzene rings is 1. The average Bonchev–Trinajstić information content (AvgIpc) is 2.41. The summed E-state index contributed by atoms with van der Waals surface area (Å²) in [5.41, 5.74) is 1.24. The predicted octanol–water partition coefficient (Wildman–Crippen LogP) is 1.44. The maximum absolute atomic E-state index is 12.4. The van der Waals surface area contributed by atoms with E-state index in [2.05, 4.69) is 0 Å². The van der Waals surface area contributed by atoms with Crippen molar-refractivity contribution in [2.75, 3.05) is 40.5 Å². The van der Waals surface area contributed by atoms with Gasteiger partial charge in [-0.25, -0.2) is 0 Å². The summed E-state index contributed by atoms with van der Waals surface area (Å²) in [6, 6.07) is 4.84. The first-order valence-corrected chi connectivity index (χ1v) is 6.17. The van der Waals surface area contributed by atoms with Gasteiger partial charge in [-0.15, -0.1) is 0 Å². The second-order valence-electron chi connectivity index (χ2n) is 4.28. The molecule has 0 aliphatic carbocycles. The summed E-state index contributed by atoms with van der Waals surface area (Å²) in [5, 5.41) is 9.48. The van der Waals surface area contributed by atoms with Crippen LogP contribution >= 0.6 is 0 Å². The molecule has 19 heavy (non-hydrogen) atoms. The third-order valence-electron chi connectivity index (χ3n) is 2.86. The Labute approximate surface area is 113 Å². The van der Waals surface area contributed by atoms with Gasteiger partial charge in [0.25, 0.3) is 5.91 Å². The van der Waals surface area contributed by atoms with Crippen molar-refractivity contribution in [2.45, 2.75) is 6.92 Å². The molecule has 5 nitrogen and oxygen atoms in total. The molecular weight excluding hydrogens is 246 g/mol. The Morgan fingerprint density at radius 2 is 1.79 bits per heavy atom. The Bertz CT molecular complexity index is 412. The third kappa shape index (κ3) is 4.54. The van der Waals surface area contributed by atoms with Crippen LogP contribution in [-0.4, -0.2) is 56.4 Å². The van der Waals surface area contributed by atoms with Gasteiger partial charge in [0.05, 0.1) is 13.2 Å². The summed E-state index contributed by atoms with van der Waals surface area (Å²) in [7, 11) is 3.20. The Morgan fingerprint density at radius 3 is 2.26 bits per heavy atom. The molecule has 0 spiro atoms. The summed E-state index contributed by atoms with van der Waals surface area (Å²) in [6.07, 6.45) is 0. The van der Waals surface area contributed by atoms with E-state index < -0.39 is 0 Å². The van der Waals surface area contributed by atoms with Gasteiger partial charge in [-0.2, -0.15) is 0 Å². The van der Waals surface area contributed by atoms with E-state index in [1.54, 1.807) is 38.2 Å². The highest BCUT2D eigenvalue weighted by Gasteiger charge is 2.16. The second-order valence-corrected chi connectivity index (χ2v) is 4.28. The number of nitrogens with zero attached hydrogens (tertiary/aromatic N) is 1. The quantitative estimate of drug-likeness (QED) is 0.812. The van der Waals surface area contributed by atoms with Crippen molar-refractivity contribution in [3.8, 4) is 5.75 Å². The van der Waals surface area contributed by atoms with Crippen molar-refractivity contribution in [3.05, 3.63) is 29.3 Å². The number of hydrogen-bond acceptors (Lipinski definition) is 4. The Morgan fingerprint density at radius 1 is 1.21 bits per heavy atom. The van der Waals surface area contributed by atoms with Gasteiger partial charge in [0, 0.05) is 32.9 Å². The van der Waals surface area contributed by atoms with E-state index in [0.717, 1.165) is 0 Å². The van der Waals surface area contributed by atoms with Crippen LogP contribution in [0.5, 0.6) is 5.75 Å². The standard InChI is InChI=1S/C14H21NO4/c1-11-10-12(4-5-13(11)16)14(17)15(6-8-18-2)7-9-19-3/h4-5,10,16H,6-9H2,1-3H3. The molecule has 5 heteroatoms. The van der Waals surface area contributed by atoms with E-state index in [1.807, 2.05) is 0 Å². The van der Waals surface area contributed by atoms with Gasteiger partial charge in [0.1, 0.15) is 5.75 Å². The molecule has 106 valence electrons. The van der Waals surface area contributed by atoms with E-state index >= 15 is 0 Å². The number of amides is 1. The monoisotopic (exact) mass is 267 g/mol. The number of methoxy groups -OCH3 is 2. The number of carbonyl (C=O) groups excluding carboxylic acids is 1. The first-order chi connectivity index (χ1) is 9.10. The van der Waals surface area contributed by atoms with Crippen molar-refractivity contribution >= 4 is 5.91 Å². The molecule has 0 saturated carbocycles. The van der Waals surface area contributed by atoms with Crippen molar-refractivity contribution in [3.63, 3.8) is 0 Å². The first-order valence-electron chi connectivity index (χ1n) is 6.17. The van der Waals surface area contributed by atoms with E-state index in [-0.39, 0.29) is 11.7 Å². The van der Waals surface area contributed by atoms with Crippen LogP contribution in [-0.2, 0) is 9.47 Å². The molecule has 0 unspecified atom stereocenters. The molecule has 0 saturated heterocycles. The lowest BCUT2D eigenvalue weighted by molar-refractivity contribution is 0.0627. The van der Waals surface area contributed by atoms with Crippen LogP contribution in [0.1, 0.15) is 15.9 Å². The van der Waals surface area contributed by atoms with E-state index in [4.69, 9.17) is 9.47 Å². The zero-order valence-electron chi connectivity index (χ0n) is 11.7.